The average Bonchev–Trinajstić information content (AvgIpc) is 2.69. The van der Waals surface area contributed by atoms with Crippen molar-refractivity contribution in [1.82, 2.24) is 14.8 Å². The van der Waals surface area contributed by atoms with Crippen molar-refractivity contribution in [2.24, 2.45) is 0 Å². The zero-order valence-corrected chi connectivity index (χ0v) is 9.45. The molecule has 1 aromatic carbocycles. The monoisotopic (exact) mass is 257 g/mol. The molecule has 18 heavy (non-hydrogen) atoms. The second-order valence-corrected chi connectivity index (χ2v) is 3.68. The molecule has 2 aromatic rings. The Morgan fingerprint density at radius 1 is 1.28 bits per heavy atom. The van der Waals surface area contributed by atoms with E-state index in [2.05, 4.69) is 10.1 Å². The fourth-order valence-electron chi connectivity index (χ4n) is 1.60. The molecule has 0 aliphatic heterocycles. The molecule has 2 rings (SSSR count). The van der Waals surface area contributed by atoms with Crippen LogP contribution in [0.1, 0.15) is 18.3 Å². The molecule has 0 spiro atoms. The highest BCUT2D eigenvalue weighted by molar-refractivity contribution is 5.35. The van der Waals surface area contributed by atoms with E-state index in [-0.39, 0.29) is 0 Å². The summed E-state index contributed by atoms with van der Waals surface area (Å²) in [6.07, 6.45) is -3.87. The SMILES string of the molecule is CCc1nc(=O)[nH]n1-c1ccc(C(F)(F)F)cc1. The summed E-state index contributed by atoms with van der Waals surface area (Å²) in [5, 5.41) is 2.44. The number of aromatic amines is 1. The van der Waals surface area contributed by atoms with E-state index < -0.39 is 17.4 Å². The van der Waals surface area contributed by atoms with E-state index in [0.717, 1.165) is 12.1 Å². The summed E-state index contributed by atoms with van der Waals surface area (Å²) in [4.78, 5) is 14.8. The molecule has 7 heteroatoms. The molecule has 0 atom stereocenters. The number of hydrogen-bond acceptors (Lipinski definition) is 2. The Balaban J connectivity index is 2.43. The first kappa shape index (κ1) is 12.4. The van der Waals surface area contributed by atoms with Gasteiger partial charge in [0.05, 0.1) is 11.3 Å². The fourth-order valence-corrected chi connectivity index (χ4v) is 1.60. The normalized spacial score (nSPS) is 11.8. The Morgan fingerprint density at radius 2 is 1.89 bits per heavy atom. The molecule has 0 amide bonds. The van der Waals surface area contributed by atoms with Crippen LogP contribution in [0.4, 0.5) is 13.2 Å². The summed E-state index contributed by atoms with van der Waals surface area (Å²) in [6.45, 7) is 1.80. The van der Waals surface area contributed by atoms with Crippen LogP contribution in [0.2, 0.25) is 0 Å². The lowest BCUT2D eigenvalue weighted by molar-refractivity contribution is -0.137. The maximum absolute atomic E-state index is 12.4. The van der Waals surface area contributed by atoms with Gasteiger partial charge in [-0.3, -0.25) is 0 Å². The molecule has 0 radical (unpaired) electrons. The van der Waals surface area contributed by atoms with Crippen LogP contribution in [0, 0.1) is 0 Å². The smallest absolute Gasteiger partial charge is 0.244 e. The molecule has 0 aliphatic rings. The Labute approximate surface area is 100 Å². The number of aromatic nitrogens is 3. The van der Waals surface area contributed by atoms with Crippen molar-refractivity contribution in [2.45, 2.75) is 19.5 Å². The molecule has 0 unspecified atom stereocenters. The van der Waals surface area contributed by atoms with Crippen LogP contribution in [0.5, 0.6) is 0 Å². The lowest BCUT2D eigenvalue weighted by atomic mass is 10.2. The van der Waals surface area contributed by atoms with Gasteiger partial charge in [-0.05, 0) is 24.3 Å². The van der Waals surface area contributed by atoms with E-state index >= 15 is 0 Å². The molecule has 0 fully saturated rings. The van der Waals surface area contributed by atoms with Crippen molar-refractivity contribution in [2.75, 3.05) is 0 Å². The van der Waals surface area contributed by atoms with Gasteiger partial charge in [-0.2, -0.15) is 18.2 Å². The number of H-pyrrole nitrogens is 1. The Morgan fingerprint density at radius 3 is 2.39 bits per heavy atom. The van der Waals surface area contributed by atoms with E-state index in [0.29, 0.717) is 17.9 Å². The van der Waals surface area contributed by atoms with Crippen LogP contribution < -0.4 is 5.69 Å². The predicted molar refractivity (Wildman–Crippen MR) is 58.6 cm³/mol. The van der Waals surface area contributed by atoms with Crippen LogP contribution in [-0.2, 0) is 12.6 Å². The number of halogens is 3. The number of nitrogens with zero attached hydrogens (tertiary/aromatic N) is 2. The van der Waals surface area contributed by atoms with Gasteiger partial charge in [0.2, 0.25) is 0 Å². The van der Waals surface area contributed by atoms with Gasteiger partial charge in [-0.15, -0.1) is 0 Å². The third-order valence-corrected chi connectivity index (χ3v) is 2.47. The number of aryl methyl sites for hydroxylation is 1. The third-order valence-electron chi connectivity index (χ3n) is 2.47. The minimum Gasteiger partial charge on any atom is -0.244 e. The summed E-state index contributed by atoms with van der Waals surface area (Å²) in [5.41, 5.74) is -0.812. The number of alkyl halides is 3. The van der Waals surface area contributed by atoms with Gasteiger partial charge >= 0.3 is 11.9 Å². The van der Waals surface area contributed by atoms with Crippen molar-refractivity contribution in [1.29, 1.82) is 0 Å². The van der Waals surface area contributed by atoms with Gasteiger partial charge in [-0.25, -0.2) is 14.6 Å². The van der Waals surface area contributed by atoms with Gasteiger partial charge in [0, 0.05) is 6.42 Å². The van der Waals surface area contributed by atoms with E-state index in [4.69, 9.17) is 0 Å². The van der Waals surface area contributed by atoms with Gasteiger partial charge in [0.1, 0.15) is 5.82 Å². The van der Waals surface area contributed by atoms with Crippen LogP contribution >= 0.6 is 0 Å². The second kappa shape index (κ2) is 4.32. The Hall–Kier alpha value is -2.05. The van der Waals surface area contributed by atoms with Crippen LogP contribution in [-0.4, -0.2) is 14.8 Å². The molecular formula is C11H10F3N3O. The molecule has 4 nitrogen and oxygen atoms in total. The van der Waals surface area contributed by atoms with Gasteiger partial charge in [0.25, 0.3) is 0 Å². The number of hydrogen-bond donors (Lipinski definition) is 1. The maximum atomic E-state index is 12.4. The minimum atomic E-state index is -4.37. The summed E-state index contributed by atoms with van der Waals surface area (Å²) in [6, 6.07) is 4.51. The topological polar surface area (TPSA) is 50.7 Å². The first-order chi connectivity index (χ1) is 8.41. The number of rotatable bonds is 2. The summed E-state index contributed by atoms with van der Waals surface area (Å²) in [5.74, 6) is 0.472. The van der Waals surface area contributed by atoms with Crippen molar-refractivity contribution < 1.29 is 13.2 Å². The van der Waals surface area contributed by atoms with E-state index in [1.165, 1.54) is 16.8 Å². The van der Waals surface area contributed by atoms with Crippen molar-refractivity contribution in [3.63, 3.8) is 0 Å². The number of benzene rings is 1. The van der Waals surface area contributed by atoms with Crippen LogP contribution in [0.3, 0.4) is 0 Å². The number of nitrogens with one attached hydrogen (secondary N) is 1. The lowest BCUT2D eigenvalue weighted by Crippen LogP contribution is -2.07. The van der Waals surface area contributed by atoms with Gasteiger partial charge in [-0.1, -0.05) is 6.92 Å². The highest BCUT2D eigenvalue weighted by Crippen LogP contribution is 2.29. The van der Waals surface area contributed by atoms with Crippen LogP contribution in [0.25, 0.3) is 5.69 Å². The van der Waals surface area contributed by atoms with Crippen LogP contribution in [0.15, 0.2) is 29.1 Å². The van der Waals surface area contributed by atoms with E-state index in [9.17, 15) is 18.0 Å². The molecule has 0 saturated heterocycles. The molecule has 0 bridgehead atoms. The fraction of sp³-hybridized carbons (Fsp3) is 0.273. The average molecular weight is 257 g/mol. The zero-order valence-electron chi connectivity index (χ0n) is 9.45. The zero-order chi connectivity index (χ0) is 13.3. The molecule has 96 valence electrons. The predicted octanol–water partition coefficient (Wildman–Crippen LogP) is 2.14. The molecule has 1 heterocycles. The summed E-state index contributed by atoms with van der Waals surface area (Å²) >= 11 is 0. The first-order valence-corrected chi connectivity index (χ1v) is 5.27. The quantitative estimate of drug-likeness (QED) is 0.896. The highest BCUT2D eigenvalue weighted by Gasteiger charge is 2.30. The largest absolute Gasteiger partial charge is 0.416 e. The molecule has 0 aliphatic carbocycles. The van der Waals surface area contributed by atoms with Crippen molar-refractivity contribution in [3.05, 3.63) is 46.1 Å². The Bertz CT molecular complexity index is 595. The van der Waals surface area contributed by atoms with Crippen molar-refractivity contribution >= 4 is 0 Å². The van der Waals surface area contributed by atoms with Gasteiger partial charge < -0.3 is 0 Å². The molecule has 1 N–H and O–H groups in total. The maximum Gasteiger partial charge on any atom is 0.416 e. The minimum absolute atomic E-state index is 0.439. The first-order valence-electron chi connectivity index (χ1n) is 5.27. The van der Waals surface area contributed by atoms with E-state index in [1.807, 2.05) is 0 Å². The molecule has 1 aromatic heterocycles. The summed E-state index contributed by atoms with van der Waals surface area (Å²) in [7, 11) is 0. The lowest BCUT2D eigenvalue weighted by Gasteiger charge is -2.09. The molecule has 0 saturated carbocycles. The standard InChI is InChI=1S/C11H10F3N3O/c1-2-9-15-10(18)16-17(9)8-5-3-7(4-6-8)11(12,13)14/h3-6H,2H2,1H3,(H,16,18). The third kappa shape index (κ3) is 2.29. The molecular weight excluding hydrogens is 247 g/mol. The Kier molecular flexibility index (Phi) is 2.98. The van der Waals surface area contributed by atoms with Gasteiger partial charge in [0.15, 0.2) is 0 Å². The van der Waals surface area contributed by atoms with Crippen molar-refractivity contribution in [3.8, 4) is 5.69 Å². The second-order valence-electron chi connectivity index (χ2n) is 3.68. The highest BCUT2D eigenvalue weighted by atomic mass is 19.4. The summed E-state index contributed by atoms with van der Waals surface area (Å²) < 4.78 is 38.6. The van der Waals surface area contributed by atoms with E-state index in [1.54, 1.807) is 6.92 Å².